The van der Waals surface area contributed by atoms with Crippen molar-refractivity contribution in [3.63, 3.8) is 0 Å². The molecule has 0 aliphatic rings. The number of benzene rings is 1. The molecule has 0 saturated carbocycles. The number of aromatic carboxylic acids is 1. The molecular weight excluding hydrogens is 860 g/mol. The number of hydrogen-bond acceptors (Lipinski definition) is 10. The number of para-hydroxylation sites is 1. The van der Waals surface area contributed by atoms with Crippen LogP contribution in [0.25, 0.3) is 79.6 Å². The molecule has 0 fully saturated rings. The minimum absolute atomic E-state index is 0. The van der Waals surface area contributed by atoms with Gasteiger partial charge in [-0.3, -0.25) is 24.5 Å². The molecule has 0 aliphatic carbocycles. The van der Waals surface area contributed by atoms with Gasteiger partial charge in [-0.15, -0.1) is 34.0 Å². The summed E-state index contributed by atoms with van der Waals surface area (Å²) >= 11 is 12.9. The van der Waals surface area contributed by atoms with Crippen LogP contribution in [0.3, 0.4) is 0 Å². The summed E-state index contributed by atoms with van der Waals surface area (Å²) in [6.07, 6.45) is 6.83. The van der Waals surface area contributed by atoms with Crippen LogP contribution in [0.5, 0.6) is 0 Å². The predicted octanol–water partition coefficient (Wildman–Crippen LogP) is 11.4. The van der Waals surface area contributed by atoms with Gasteiger partial charge in [0.2, 0.25) is 0 Å². The molecule has 9 nitrogen and oxygen atoms in total. The summed E-state index contributed by atoms with van der Waals surface area (Å²) in [6, 6.07) is 34.0. The van der Waals surface area contributed by atoms with Crippen LogP contribution < -0.4 is 0 Å². The molecule has 0 unspecified atom stereocenters. The Hall–Kier alpha value is -5.33. The Kier molecular flexibility index (Phi) is 14.1. The van der Waals surface area contributed by atoms with Crippen molar-refractivity contribution in [1.82, 2.24) is 24.5 Å². The fourth-order valence-corrected chi connectivity index (χ4v) is 8.76. The van der Waals surface area contributed by atoms with Crippen LogP contribution in [0, 0.1) is 0 Å². The second kappa shape index (κ2) is 19.1. The normalized spacial score (nSPS) is 10.0. The summed E-state index contributed by atoms with van der Waals surface area (Å²) < 4.78 is 5.01. The number of rotatable bonds is 5. The van der Waals surface area contributed by atoms with Gasteiger partial charge in [0.05, 0.1) is 33.7 Å². The first kappa shape index (κ1) is 39.9. The Bertz CT molecular complexity index is 2680. The molecule has 8 heterocycles. The van der Waals surface area contributed by atoms with E-state index in [-0.39, 0.29) is 25.0 Å². The maximum Gasteiger partial charge on any atom is 2.00 e. The van der Waals surface area contributed by atoms with Crippen molar-refractivity contribution in [3.05, 3.63) is 150 Å². The molecular formula is C39H23N7O2RuS5. The molecule has 1 aromatic carbocycles. The number of carboxylic acids is 1. The number of hydrogen-bond donors (Lipinski definition) is 1. The van der Waals surface area contributed by atoms with Gasteiger partial charge in [0.15, 0.2) is 0 Å². The van der Waals surface area contributed by atoms with Gasteiger partial charge in [0.25, 0.3) is 0 Å². The topological polar surface area (TPSA) is 138 Å². The number of fused-ring (bicyclic) bond motifs is 4. The van der Waals surface area contributed by atoms with E-state index < -0.39 is 5.97 Å². The third kappa shape index (κ3) is 8.89. The molecule has 8 aromatic heterocycles. The molecule has 0 saturated heterocycles. The van der Waals surface area contributed by atoms with E-state index in [1.54, 1.807) is 29.7 Å². The molecule has 1 N–H and O–H groups in total. The summed E-state index contributed by atoms with van der Waals surface area (Å²) in [4.78, 5) is 30.9. The first-order valence-corrected chi connectivity index (χ1v) is 18.8. The summed E-state index contributed by atoms with van der Waals surface area (Å²) in [7, 11) is 0. The van der Waals surface area contributed by atoms with Crippen molar-refractivity contribution < 1.29 is 29.4 Å². The van der Waals surface area contributed by atoms with E-state index in [9.17, 15) is 4.79 Å². The fraction of sp³-hybridized carbons (Fsp3) is 0. The summed E-state index contributed by atoms with van der Waals surface area (Å²) in [5.41, 5.74) is 5.55. The minimum Gasteiger partial charge on any atom is -0.753 e. The largest absolute Gasteiger partial charge is 2.00 e. The molecule has 9 aromatic rings. The predicted molar refractivity (Wildman–Crippen MR) is 225 cm³/mol. The van der Waals surface area contributed by atoms with Crippen molar-refractivity contribution in [1.29, 1.82) is 0 Å². The second-order valence-electron chi connectivity index (χ2n) is 10.7. The zero-order valence-corrected chi connectivity index (χ0v) is 33.4. The number of pyridine rings is 4. The molecule has 9 rings (SSSR count). The zero-order chi connectivity index (χ0) is 37.2. The molecule has 54 heavy (non-hydrogen) atoms. The SMILES string of the molecule is O=C(O)c1ccnc(-c2ccccn2)c1.[N-]=C=S.[N-]=C=S.[Ru+2].c1ccc(-c2nccc3c4ccccc4n(-c4cc5sc(-c6cccs6)cc5s4)c23)nc1. The molecule has 264 valence electrons. The number of isothiocyanates is 2. The van der Waals surface area contributed by atoms with Gasteiger partial charge in [-0.25, -0.2) is 4.79 Å². The molecule has 15 heteroatoms. The standard InChI is InChI=1S/C26H15N3S3.C11H8N2O2.2CNS.Ru/c1-2-8-19-16(6-1)17-10-12-28-25(18-7-3-4-11-27-18)26(17)29(19)24-15-23-22(32-24)14-21(31-23)20-9-5-13-30-20;14-11(15)8-4-6-13-10(7-8)9-3-1-2-5-12-9;2*2-1-3;/h1-15H;1-7H,(H,14,15);;;/q;;2*-1;+2. The van der Waals surface area contributed by atoms with Crippen molar-refractivity contribution in [2.45, 2.75) is 0 Å². The van der Waals surface area contributed by atoms with Crippen LogP contribution >= 0.6 is 58.4 Å². The average molecular weight is 883 g/mol. The first-order valence-electron chi connectivity index (χ1n) is 15.5. The number of carbonyl (C=O) groups is 1. The quantitative estimate of drug-likeness (QED) is 0.102. The molecule has 0 bridgehead atoms. The van der Waals surface area contributed by atoms with Crippen LogP contribution in [0.4, 0.5) is 0 Å². The second-order valence-corrected chi connectivity index (χ2v) is 14.1. The van der Waals surface area contributed by atoms with E-state index in [2.05, 4.69) is 104 Å². The van der Waals surface area contributed by atoms with Crippen molar-refractivity contribution in [2.75, 3.05) is 0 Å². The van der Waals surface area contributed by atoms with E-state index in [4.69, 9.17) is 20.9 Å². The Labute approximate surface area is 344 Å². The number of carboxylic acid groups (broad SMARTS) is 1. The van der Waals surface area contributed by atoms with E-state index in [0.717, 1.165) is 16.9 Å². The maximum atomic E-state index is 10.7. The van der Waals surface area contributed by atoms with Crippen LogP contribution in [0.1, 0.15) is 10.4 Å². The minimum atomic E-state index is -0.963. The van der Waals surface area contributed by atoms with Crippen LogP contribution in [-0.2, 0) is 19.5 Å². The van der Waals surface area contributed by atoms with Crippen LogP contribution in [0.2, 0.25) is 0 Å². The molecule has 0 aliphatic heterocycles. The third-order valence-corrected chi connectivity index (χ3v) is 10.9. The first-order chi connectivity index (χ1) is 26.0. The zero-order valence-electron chi connectivity index (χ0n) is 27.6. The van der Waals surface area contributed by atoms with Crippen molar-refractivity contribution in [2.24, 2.45) is 0 Å². The van der Waals surface area contributed by atoms with E-state index in [0.29, 0.717) is 11.4 Å². The Balaban J connectivity index is 0.000000214. The fourth-order valence-electron chi connectivity index (χ4n) is 5.53. The van der Waals surface area contributed by atoms with Crippen molar-refractivity contribution in [3.8, 4) is 37.5 Å². The van der Waals surface area contributed by atoms with Gasteiger partial charge < -0.3 is 15.9 Å². The van der Waals surface area contributed by atoms with E-state index >= 15 is 0 Å². The Morgan fingerprint density at radius 2 is 1.31 bits per heavy atom. The van der Waals surface area contributed by atoms with Gasteiger partial charge >= 0.3 is 25.4 Å². The van der Waals surface area contributed by atoms with Gasteiger partial charge in [-0.1, -0.05) is 60.8 Å². The van der Waals surface area contributed by atoms with Gasteiger partial charge in [-0.2, -0.15) is 10.3 Å². The smallest absolute Gasteiger partial charge is 0.753 e. The van der Waals surface area contributed by atoms with E-state index in [1.807, 2.05) is 59.3 Å². The van der Waals surface area contributed by atoms with Crippen molar-refractivity contribution >= 4 is 106 Å². The molecule has 0 amide bonds. The molecule has 0 spiro atoms. The number of thiophene rings is 3. The summed E-state index contributed by atoms with van der Waals surface area (Å²) in [5, 5.41) is 31.5. The Morgan fingerprint density at radius 1 is 0.667 bits per heavy atom. The molecule has 0 atom stereocenters. The third-order valence-electron chi connectivity index (χ3n) is 7.60. The van der Waals surface area contributed by atoms with Crippen LogP contribution in [0.15, 0.2) is 133 Å². The van der Waals surface area contributed by atoms with Gasteiger partial charge in [0, 0.05) is 54.7 Å². The maximum absolute atomic E-state index is 10.7. The monoisotopic (exact) mass is 883 g/mol. The summed E-state index contributed by atoms with van der Waals surface area (Å²) in [5.74, 6) is -0.963. The Morgan fingerprint density at radius 3 is 1.96 bits per heavy atom. The number of nitrogens with zero attached hydrogens (tertiary/aromatic N) is 7. The van der Waals surface area contributed by atoms with Gasteiger partial charge in [-0.05, 0) is 72.1 Å². The van der Waals surface area contributed by atoms with E-state index in [1.165, 1.54) is 69.1 Å². The van der Waals surface area contributed by atoms with Gasteiger partial charge in [0.1, 0.15) is 10.7 Å². The average Bonchev–Trinajstić information content (AvgIpc) is 4.00. The number of thiocarbonyl (C=S) groups is 2. The molecule has 0 radical (unpaired) electrons. The summed E-state index contributed by atoms with van der Waals surface area (Å²) in [6.45, 7) is 0. The number of aromatic nitrogens is 5. The van der Waals surface area contributed by atoms with Crippen LogP contribution in [-0.4, -0.2) is 45.9 Å².